The van der Waals surface area contributed by atoms with E-state index in [1.165, 1.54) is 0 Å². The van der Waals surface area contributed by atoms with Crippen LogP contribution in [0.5, 0.6) is 0 Å². The number of fused-ring (bicyclic) bond motifs is 1. The van der Waals surface area contributed by atoms with Crippen molar-refractivity contribution in [2.24, 2.45) is 12.5 Å². The van der Waals surface area contributed by atoms with Gasteiger partial charge < -0.3 is 9.88 Å². The van der Waals surface area contributed by atoms with Crippen molar-refractivity contribution in [2.75, 3.05) is 0 Å². The van der Waals surface area contributed by atoms with Gasteiger partial charge in [0, 0.05) is 12.5 Å². The summed E-state index contributed by atoms with van der Waals surface area (Å²) in [5.74, 6) is 0.908. The number of benzene rings is 1. The highest BCUT2D eigenvalue weighted by Crippen LogP contribution is 2.21. The van der Waals surface area contributed by atoms with Crippen LogP contribution < -0.4 is 5.32 Å². The second-order valence-electron chi connectivity index (χ2n) is 5.96. The van der Waals surface area contributed by atoms with Gasteiger partial charge in [0.15, 0.2) is 0 Å². The SMILES string of the molecule is CC(NC(=O)C(C)(C)C)c1nc2ccccc2n1C. The first-order chi connectivity index (χ1) is 8.80. The second-order valence-corrected chi connectivity index (χ2v) is 5.96. The minimum absolute atomic E-state index is 0.0343. The number of nitrogens with one attached hydrogen (secondary N) is 1. The van der Waals surface area contributed by atoms with Crippen molar-refractivity contribution in [3.05, 3.63) is 30.1 Å². The van der Waals surface area contributed by atoms with E-state index in [2.05, 4.69) is 10.3 Å². The fourth-order valence-electron chi connectivity index (χ4n) is 2.03. The maximum Gasteiger partial charge on any atom is 0.225 e. The summed E-state index contributed by atoms with van der Waals surface area (Å²) in [7, 11) is 1.98. The summed E-state index contributed by atoms with van der Waals surface area (Å²) in [6.45, 7) is 7.68. The highest BCUT2D eigenvalue weighted by Gasteiger charge is 2.24. The lowest BCUT2D eigenvalue weighted by Gasteiger charge is -2.21. The van der Waals surface area contributed by atoms with Gasteiger partial charge >= 0.3 is 0 Å². The predicted octanol–water partition coefficient (Wildman–Crippen LogP) is 2.80. The molecule has 0 bridgehead atoms. The molecule has 0 aliphatic carbocycles. The minimum Gasteiger partial charge on any atom is -0.346 e. The number of rotatable bonds is 2. The van der Waals surface area contributed by atoms with Gasteiger partial charge in [-0.25, -0.2) is 4.98 Å². The van der Waals surface area contributed by atoms with Gasteiger partial charge in [-0.1, -0.05) is 32.9 Å². The fraction of sp³-hybridized carbons (Fsp3) is 0.467. The molecule has 1 N–H and O–H groups in total. The number of nitrogens with zero attached hydrogens (tertiary/aromatic N) is 2. The van der Waals surface area contributed by atoms with Crippen molar-refractivity contribution < 1.29 is 4.79 Å². The standard InChI is InChI=1S/C15H21N3O/c1-10(16-14(19)15(2,3)4)13-17-11-8-6-7-9-12(11)18(13)5/h6-10H,1-5H3,(H,16,19). The molecule has 102 valence electrons. The lowest BCUT2D eigenvalue weighted by Crippen LogP contribution is -2.37. The maximum atomic E-state index is 12.0. The highest BCUT2D eigenvalue weighted by atomic mass is 16.2. The first kappa shape index (κ1) is 13.6. The first-order valence-corrected chi connectivity index (χ1v) is 6.53. The van der Waals surface area contributed by atoms with E-state index >= 15 is 0 Å². The van der Waals surface area contributed by atoms with Gasteiger partial charge in [-0.15, -0.1) is 0 Å². The van der Waals surface area contributed by atoms with Gasteiger partial charge in [0.2, 0.25) is 5.91 Å². The Bertz CT molecular complexity index is 607. The van der Waals surface area contributed by atoms with Gasteiger partial charge in [0.1, 0.15) is 5.82 Å². The number of hydrogen-bond acceptors (Lipinski definition) is 2. The molecule has 2 aromatic rings. The smallest absolute Gasteiger partial charge is 0.225 e. The molecule has 4 heteroatoms. The van der Waals surface area contributed by atoms with Crippen LogP contribution in [-0.2, 0) is 11.8 Å². The number of amides is 1. The Morgan fingerprint density at radius 2 is 1.95 bits per heavy atom. The molecule has 0 radical (unpaired) electrons. The zero-order chi connectivity index (χ0) is 14.2. The van der Waals surface area contributed by atoms with Gasteiger partial charge in [-0.05, 0) is 19.1 Å². The molecule has 4 nitrogen and oxygen atoms in total. The zero-order valence-electron chi connectivity index (χ0n) is 12.2. The number of aromatic nitrogens is 2. The van der Waals surface area contributed by atoms with Gasteiger partial charge in [-0.3, -0.25) is 4.79 Å². The Morgan fingerprint density at radius 3 is 2.53 bits per heavy atom. The molecule has 0 spiro atoms. The molecular formula is C15H21N3O. The van der Waals surface area contributed by atoms with Crippen LogP contribution in [0.15, 0.2) is 24.3 Å². The van der Waals surface area contributed by atoms with E-state index in [1.54, 1.807) is 0 Å². The lowest BCUT2D eigenvalue weighted by molar-refractivity contribution is -0.129. The van der Waals surface area contributed by atoms with Gasteiger partial charge in [-0.2, -0.15) is 0 Å². The van der Waals surface area contributed by atoms with E-state index in [0.717, 1.165) is 16.9 Å². The summed E-state index contributed by atoms with van der Waals surface area (Å²) in [4.78, 5) is 16.6. The second kappa shape index (κ2) is 4.68. The van der Waals surface area contributed by atoms with Crippen LogP contribution in [0.4, 0.5) is 0 Å². The van der Waals surface area contributed by atoms with Crippen LogP contribution in [0.2, 0.25) is 0 Å². The van der Waals surface area contributed by atoms with E-state index in [1.807, 2.05) is 63.6 Å². The average molecular weight is 259 g/mol. The average Bonchev–Trinajstić information content (AvgIpc) is 2.66. The van der Waals surface area contributed by atoms with Crippen molar-refractivity contribution in [3.63, 3.8) is 0 Å². The van der Waals surface area contributed by atoms with Crippen molar-refractivity contribution in [1.29, 1.82) is 0 Å². The molecule has 0 saturated heterocycles. The maximum absolute atomic E-state index is 12.0. The Hall–Kier alpha value is -1.84. The fourth-order valence-corrected chi connectivity index (χ4v) is 2.03. The molecule has 19 heavy (non-hydrogen) atoms. The van der Waals surface area contributed by atoms with Crippen molar-refractivity contribution in [1.82, 2.24) is 14.9 Å². The quantitative estimate of drug-likeness (QED) is 0.901. The Morgan fingerprint density at radius 1 is 1.32 bits per heavy atom. The molecule has 0 fully saturated rings. The van der Waals surface area contributed by atoms with Crippen LogP contribution in [0, 0.1) is 5.41 Å². The van der Waals surface area contributed by atoms with Crippen molar-refractivity contribution in [2.45, 2.75) is 33.7 Å². The zero-order valence-corrected chi connectivity index (χ0v) is 12.2. The third-order valence-corrected chi connectivity index (χ3v) is 3.24. The monoisotopic (exact) mass is 259 g/mol. The van der Waals surface area contributed by atoms with Crippen molar-refractivity contribution in [3.8, 4) is 0 Å². The Kier molecular flexibility index (Phi) is 3.35. The molecule has 1 amide bonds. The summed E-state index contributed by atoms with van der Waals surface area (Å²) in [6.07, 6.45) is 0. The number of imidazole rings is 1. The molecular weight excluding hydrogens is 238 g/mol. The van der Waals surface area contributed by atoms with Crippen LogP contribution in [0.25, 0.3) is 11.0 Å². The van der Waals surface area contributed by atoms with E-state index in [4.69, 9.17) is 0 Å². The Balaban J connectivity index is 2.29. The molecule has 1 unspecified atom stereocenters. The normalized spacial score (nSPS) is 13.5. The van der Waals surface area contributed by atoms with Crippen molar-refractivity contribution >= 4 is 16.9 Å². The number of carbonyl (C=O) groups excluding carboxylic acids is 1. The highest BCUT2D eigenvalue weighted by molar-refractivity contribution is 5.82. The minimum atomic E-state index is -0.390. The number of para-hydroxylation sites is 2. The molecule has 1 aromatic heterocycles. The van der Waals surface area contributed by atoms with E-state index < -0.39 is 5.41 Å². The van der Waals surface area contributed by atoms with E-state index in [9.17, 15) is 4.79 Å². The third kappa shape index (κ3) is 2.62. The van der Waals surface area contributed by atoms with E-state index in [-0.39, 0.29) is 11.9 Å². The number of aryl methyl sites for hydroxylation is 1. The number of hydrogen-bond donors (Lipinski definition) is 1. The molecule has 0 saturated carbocycles. The molecule has 0 aliphatic rings. The van der Waals surface area contributed by atoms with Gasteiger partial charge in [0.05, 0.1) is 17.1 Å². The van der Waals surface area contributed by atoms with Crippen LogP contribution in [0.1, 0.15) is 39.6 Å². The summed E-state index contributed by atoms with van der Waals surface area (Å²) in [5, 5.41) is 3.02. The summed E-state index contributed by atoms with van der Waals surface area (Å²) >= 11 is 0. The third-order valence-electron chi connectivity index (χ3n) is 3.24. The van der Waals surface area contributed by atoms with Gasteiger partial charge in [0.25, 0.3) is 0 Å². The van der Waals surface area contributed by atoms with Crippen LogP contribution >= 0.6 is 0 Å². The van der Waals surface area contributed by atoms with E-state index in [0.29, 0.717) is 0 Å². The molecule has 2 rings (SSSR count). The molecule has 1 atom stereocenters. The van der Waals surface area contributed by atoms with Crippen LogP contribution in [0.3, 0.4) is 0 Å². The molecule has 1 heterocycles. The predicted molar refractivity (Wildman–Crippen MR) is 76.7 cm³/mol. The summed E-state index contributed by atoms with van der Waals surface area (Å²) < 4.78 is 2.03. The Labute approximate surface area is 113 Å². The molecule has 0 aliphatic heterocycles. The first-order valence-electron chi connectivity index (χ1n) is 6.53. The topological polar surface area (TPSA) is 46.9 Å². The van der Waals surface area contributed by atoms with Crippen LogP contribution in [-0.4, -0.2) is 15.5 Å². The largest absolute Gasteiger partial charge is 0.346 e. The summed E-state index contributed by atoms with van der Waals surface area (Å²) in [6, 6.07) is 7.87. The lowest BCUT2D eigenvalue weighted by atomic mass is 9.95. The number of carbonyl (C=O) groups is 1. The molecule has 1 aromatic carbocycles. The summed E-state index contributed by atoms with van der Waals surface area (Å²) in [5.41, 5.74) is 1.64.